The average molecular weight is 702 g/mol. The first-order valence-electron chi connectivity index (χ1n) is 14.0. The minimum Gasteiger partial charge on any atom is -0.390 e. The lowest BCUT2D eigenvalue weighted by Crippen LogP contribution is -2.54. The van der Waals surface area contributed by atoms with Gasteiger partial charge >= 0.3 is 15.6 Å². The highest BCUT2D eigenvalue weighted by Crippen LogP contribution is 2.60. The number of phosphoric acid groups is 2. The predicted octanol–water partition coefficient (Wildman–Crippen LogP) is -0.136. The van der Waals surface area contributed by atoms with Gasteiger partial charge in [-0.3, -0.25) is 32.4 Å². The number of nitrogens with two attached hydrogens (primary N) is 2. The Morgan fingerprint density at radius 3 is 2.53 bits per heavy atom. The molecule has 2 bridgehead atoms. The van der Waals surface area contributed by atoms with Crippen molar-refractivity contribution in [1.29, 1.82) is 0 Å². The summed E-state index contributed by atoms with van der Waals surface area (Å²) < 4.78 is 72.5. The van der Waals surface area contributed by atoms with E-state index in [0.717, 1.165) is 17.2 Å². The van der Waals surface area contributed by atoms with Gasteiger partial charge in [-0.2, -0.15) is 4.98 Å². The molecule has 4 aromatic heterocycles. The molecule has 2 saturated heterocycles. The molecular formula is C23H29FN10O11P2. The molecule has 254 valence electrons. The molecule has 0 amide bonds. The highest BCUT2D eigenvalue weighted by molar-refractivity contribution is 7.47. The highest BCUT2D eigenvalue weighted by Gasteiger charge is 2.65. The number of phosphoric ester groups is 2. The van der Waals surface area contributed by atoms with Crippen LogP contribution in [0.1, 0.15) is 26.5 Å². The van der Waals surface area contributed by atoms with Crippen LogP contribution in [0.4, 0.5) is 16.2 Å². The van der Waals surface area contributed by atoms with Crippen molar-refractivity contribution >= 4 is 49.7 Å². The molecule has 24 heteroatoms. The number of nitrogens with zero attached hydrogens (tertiary/aromatic N) is 7. The second-order valence-corrected chi connectivity index (χ2v) is 14.6. The van der Waals surface area contributed by atoms with E-state index in [2.05, 4.69) is 29.9 Å². The number of alkyl halides is 1. The third kappa shape index (κ3) is 5.07. The van der Waals surface area contributed by atoms with Crippen LogP contribution in [-0.2, 0) is 37.5 Å². The molecule has 1 saturated carbocycles. The van der Waals surface area contributed by atoms with Gasteiger partial charge in [0.15, 0.2) is 35.0 Å². The Morgan fingerprint density at radius 1 is 1.04 bits per heavy atom. The van der Waals surface area contributed by atoms with Crippen molar-refractivity contribution in [3.63, 3.8) is 0 Å². The number of rotatable bonds is 2. The largest absolute Gasteiger partial charge is 0.472 e. The van der Waals surface area contributed by atoms with E-state index < -0.39 is 82.2 Å². The standard InChI is InChI=1S/C23H29FN10O11P2/c1-22(34-8-30-13-18(34)31-21(26)32-19(13)36)3-9-4-41-46(37,38)44-14-10(5-42-47(39,40)45-23(22,2)15(9)35)43-20(11(14)24)33-7-29-12-16(25)27-6-28-17(12)33/h6-11,14-15,20,35H,3-5H2,1-2H3,(H,37,38)(H,39,40)(H2,25,27,28)(H3,26,31,32,36)/t9-,10-,11-,14-,15-,20-,22-,23+/m1/s1. The molecule has 0 aromatic carbocycles. The number of imidazole rings is 2. The molecule has 10 atom stereocenters. The number of hydrogen-bond donors (Lipinski definition) is 6. The minimum absolute atomic E-state index is 0.00276. The van der Waals surface area contributed by atoms with Crippen molar-refractivity contribution in [3.05, 3.63) is 29.3 Å². The minimum atomic E-state index is -5.18. The lowest BCUT2D eigenvalue weighted by atomic mass is 9.84. The van der Waals surface area contributed by atoms with Crippen LogP contribution in [-0.4, -0.2) is 97.2 Å². The molecule has 3 aliphatic rings. The number of halogens is 1. The normalized spacial score (nSPS) is 39.8. The zero-order chi connectivity index (χ0) is 33.7. The van der Waals surface area contributed by atoms with Crippen LogP contribution in [0.3, 0.4) is 0 Å². The van der Waals surface area contributed by atoms with Crippen LogP contribution in [0.2, 0.25) is 0 Å². The van der Waals surface area contributed by atoms with Crippen molar-refractivity contribution in [1.82, 2.24) is 39.0 Å². The molecule has 21 nitrogen and oxygen atoms in total. The maximum atomic E-state index is 16.0. The van der Waals surface area contributed by atoms with Gasteiger partial charge in [0, 0.05) is 5.92 Å². The zero-order valence-electron chi connectivity index (χ0n) is 24.5. The summed E-state index contributed by atoms with van der Waals surface area (Å²) in [4.78, 5) is 56.7. The molecule has 2 aliphatic heterocycles. The molecule has 8 N–H and O–H groups in total. The van der Waals surface area contributed by atoms with E-state index in [-0.39, 0.29) is 40.5 Å². The summed E-state index contributed by atoms with van der Waals surface area (Å²) in [7, 11) is -10.3. The van der Waals surface area contributed by atoms with Gasteiger partial charge in [0.05, 0.1) is 37.5 Å². The number of H-pyrrole nitrogens is 1. The maximum absolute atomic E-state index is 16.0. The molecule has 7 rings (SSSR count). The van der Waals surface area contributed by atoms with Gasteiger partial charge in [-0.1, -0.05) is 0 Å². The number of nitrogen functional groups attached to an aromatic ring is 2. The monoisotopic (exact) mass is 702 g/mol. The number of aromatic nitrogens is 8. The van der Waals surface area contributed by atoms with Gasteiger partial charge < -0.3 is 35.7 Å². The molecule has 1 aliphatic carbocycles. The van der Waals surface area contributed by atoms with Crippen molar-refractivity contribution in [3.8, 4) is 0 Å². The van der Waals surface area contributed by atoms with Gasteiger partial charge in [-0.25, -0.2) is 33.5 Å². The number of aliphatic hydroxyl groups excluding tert-OH is 1. The molecule has 47 heavy (non-hydrogen) atoms. The molecule has 2 unspecified atom stereocenters. The predicted molar refractivity (Wildman–Crippen MR) is 155 cm³/mol. The summed E-state index contributed by atoms with van der Waals surface area (Å²) >= 11 is 0. The SMILES string of the molecule is C[C@@]12OP(=O)(O)OC[C@H]3O[C@@H](n4cnc5c(N)ncnc54)[C@H](F)[C@@H]3OP(=O)(O)OC[C@@H](C[C@@]1(C)n1cnc3c(=O)[nH]c(N)nc31)[C@H]2O. The number of hydrogen-bond acceptors (Lipinski definition) is 16. The summed E-state index contributed by atoms with van der Waals surface area (Å²) in [6.45, 7) is 1.27. The molecule has 4 aromatic rings. The average Bonchev–Trinajstić information content (AvgIpc) is 3.73. The first-order chi connectivity index (χ1) is 22.0. The van der Waals surface area contributed by atoms with E-state index in [0.29, 0.717) is 0 Å². The summed E-state index contributed by atoms with van der Waals surface area (Å²) in [5.74, 6) is -1.32. The van der Waals surface area contributed by atoms with Crippen molar-refractivity contribution in [2.24, 2.45) is 5.92 Å². The van der Waals surface area contributed by atoms with Gasteiger partial charge in [-0.05, 0) is 20.3 Å². The van der Waals surface area contributed by atoms with Crippen molar-refractivity contribution < 1.29 is 51.2 Å². The topological polar surface area (TPSA) is 300 Å². The molecule has 3 fully saturated rings. The third-order valence-electron chi connectivity index (χ3n) is 9.04. The number of aromatic amines is 1. The Morgan fingerprint density at radius 2 is 1.77 bits per heavy atom. The second kappa shape index (κ2) is 10.8. The lowest BCUT2D eigenvalue weighted by molar-refractivity contribution is -0.105. The van der Waals surface area contributed by atoms with Gasteiger partial charge in [0.2, 0.25) is 5.95 Å². The van der Waals surface area contributed by atoms with Gasteiger partial charge in [0.25, 0.3) is 5.56 Å². The Kier molecular flexibility index (Phi) is 7.38. The summed E-state index contributed by atoms with van der Waals surface area (Å²) in [6.07, 6.45) is -5.53. The number of aliphatic hydroxyl groups is 1. The zero-order valence-corrected chi connectivity index (χ0v) is 26.3. The first kappa shape index (κ1) is 32.1. The number of nitrogens with one attached hydrogen (secondary N) is 1. The number of ether oxygens (including phenoxy) is 1. The first-order valence-corrected chi connectivity index (χ1v) is 17.0. The van der Waals surface area contributed by atoms with Crippen LogP contribution in [0.15, 0.2) is 23.8 Å². The maximum Gasteiger partial charge on any atom is 0.472 e. The Labute approximate surface area is 262 Å². The van der Waals surface area contributed by atoms with Crippen molar-refractivity contribution in [2.75, 3.05) is 24.7 Å². The smallest absolute Gasteiger partial charge is 0.390 e. The van der Waals surface area contributed by atoms with E-state index >= 15 is 4.39 Å². The quantitative estimate of drug-likeness (QED) is 0.148. The van der Waals surface area contributed by atoms with Gasteiger partial charge in [0.1, 0.15) is 29.7 Å². The Balaban J connectivity index is 1.26. The summed E-state index contributed by atoms with van der Waals surface area (Å²) in [5.41, 5.74) is 7.39. The third-order valence-corrected chi connectivity index (χ3v) is 11.1. The van der Waals surface area contributed by atoms with E-state index in [9.17, 15) is 28.8 Å². The molecule has 0 radical (unpaired) electrons. The van der Waals surface area contributed by atoms with E-state index in [1.165, 1.54) is 24.7 Å². The van der Waals surface area contributed by atoms with E-state index in [4.69, 9.17) is 34.3 Å². The highest BCUT2D eigenvalue weighted by atomic mass is 31.2. The van der Waals surface area contributed by atoms with E-state index in [1.54, 1.807) is 0 Å². The fourth-order valence-electron chi connectivity index (χ4n) is 6.56. The van der Waals surface area contributed by atoms with Crippen LogP contribution in [0, 0.1) is 5.92 Å². The molecular weight excluding hydrogens is 673 g/mol. The molecule has 0 spiro atoms. The number of anilines is 2. The lowest BCUT2D eigenvalue weighted by Gasteiger charge is -2.43. The van der Waals surface area contributed by atoms with Crippen LogP contribution in [0.25, 0.3) is 22.3 Å². The Bertz CT molecular complexity index is 2050. The summed E-state index contributed by atoms with van der Waals surface area (Å²) in [6, 6.07) is 0. The van der Waals surface area contributed by atoms with Crippen LogP contribution >= 0.6 is 15.6 Å². The van der Waals surface area contributed by atoms with Gasteiger partial charge in [-0.15, -0.1) is 0 Å². The Hall–Kier alpha value is -3.43. The fraction of sp³-hybridized carbons (Fsp3) is 0.565. The number of fused-ring (bicyclic) bond motifs is 5. The van der Waals surface area contributed by atoms with Crippen LogP contribution in [0.5, 0.6) is 0 Å². The van der Waals surface area contributed by atoms with Crippen molar-refractivity contribution in [2.45, 2.75) is 62.1 Å². The van der Waals surface area contributed by atoms with E-state index in [1.807, 2.05) is 0 Å². The fourth-order valence-corrected chi connectivity index (χ4v) is 8.74. The molecule has 6 heterocycles. The summed E-state index contributed by atoms with van der Waals surface area (Å²) in [5, 5.41) is 11.5. The van der Waals surface area contributed by atoms with Crippen LogP contribution < -0.4 is 17.0 Å². The second-order valence-electron chi connectivity index (χ2n) is 11.8.